The van der Waals surface area contributed by atoms with Crippen molar-refractivity contribution in [3.63, 3.8) is 0 Å². The fourth-order valence-electron chi connectivity index (χ4n) is 1.63. The fourth-order valence-corrected chi connectivity index (χ4v) is 1.85. The minimum Gasteiger partial charge on any atom is -0.482 e. The van der Waals surface area contributed by atoms with Crippen molar-refractivity contribution in [2.45, 2.75) is 13.0 Å². The van der Waals surface area contributed by atoms with Crippen LogP contribution in [0.5, 0.6) is 5.75 Å². The number of carbonyl (C=O) groups is 1. The van der Waals surface area contributed by atoms with Gasteiger partial charge in [-0.25, -0.2) is 4.39 Å². The Morgan fingerprint density at radius 1 is 1.50 bits per heavy atom. The Bertz CT molecular complexity index is 586. The minimum atomic E-state index is -0.460. The Hall–Kier alpha value is -2.01. The quantitative estimate of drug-likeness (QED) is 0.921. The Morgan fingerprint density at radius 3 is 2.95 bits per heavy atom. The Labute approximate surface area is 120 Å². The van der Waals surface area contributed by atoms with Crippen molar-refractivity contribution in [3.8, 4) is 5.75 Å². The second-order valence-corrected chi connectivity index (χ2v) is 4.58. The van der Waals surface area contributed by atoms with Gasteiger partial charge in [0.15, 0.2) is 6.61 Å². The molecule has 2 aromatic rings. The summed E-state index contributed by atoms with van der Waals surface area (Å²) < 4.78 is 23.2. The zero-order valence-corrected chi connectivity index (χ0v) is 11.5. The summed E-state index contributed by atoms with van der Waals surface area (Å²) in [5.74, 6) is 0.125. The summed E-state index contributed by atoms with van der Waals surface area (Å²) in [6, 6.07) is 6.96. The largest absolute Gasteiger partial charge is 0.482 e. The van der Waals surface area contributed by atoms with E-state index in [0.717, 1.165) is 6.07 Å². The molecule has 20 heavy (non-hydrogen) atoms. The molecular formula is C14H13ClFNO3. The Morgan fingerprint density at radius 2 is 2.30 bits per heavy atom. The first kappa shape index (κ1) is 14.4. The molecule has 0 aliphatic carbocycles. The third-order valence-corrected chi connectivity index (χ3v) is 2.90. The molecule has 1 aromatic heterocycles. The molecule has 6 heteroatoms. The van der Waals surface area contributed by atoms with Gasteiger partial charge in [-0.3, -0.25) is 4.79 Å². The predicted molar refractivity (Wildman–Crippen MR) is 72.2 cm³/mol. The summed E-state index contributed by atoms with van der Waals surface area (Å²) in [6.45, 7) is 1.58. The molecule has 0 saturated carbocycles. The first-order valence-corrected chi connectivity index (χ1v) is 6.34. The normalized spacial score (nSPS) is 11.9. The van der Waals surface area contributed by atoms with Crippen LogP contribution in [0.3, 0.4) is 0 Å². The van der Waals surface area contributed by atoms with Crippen LogP contribution in [0, 0.1) is 5.82 Å². The molecule has 4 nitrogen and oxygen atoms in total. The van der Waals surface area contributed by atoms with Crippen molar-refractivity contribution >= 4 is 17.5 Å². The lowest BCUT2D eigenvalue weighted by Crippen LogP contribution is -2.31. The topological polar surface area (TPSA) is 51.5 Å². The van der Waals surface area contributed by atoms with Crippen LogP contribution in [0.15, 0.2) is 41.0 Å². The van der Waals surface area contributed by atoms with E-state index in [0.29, 0.717) is 5.76 Å². The zero-order chi connectivity index (χ0) is 14.5. The van der Waals surface area contributed by atoms with E-state index >= 15 is 0 Å². The first-order chi connectivity index (χ1) is 9.56. The van der Waals surface area contributed by atoms with Crippen molar-refractivity contribution in [2.24, 2.45) is 0 Å². The molecule has 1 heterocycles. The van der Waals surface area contributed by atoms with Crippen LogP contribution in [-0.4, -0.2) is 12.5 Å². The summed E-state index contributed by atoms with van der Waals surface area (Å²) in [6.07, 6.45) is 1.53. The molecule has 1 aromatic carbocycles. The van der Waals surface area contributed by atoms with E-state index in [1.54, 1.807) is 19.1 Å². The molecule has 0 bridgehead atoms. The van der Waals surface area contributed by atoms with Gasteiger partial charge in [0.1, 0.15) is 17.3 Å². The molecule has 1 atom stereocenters. The van der Waals surface area contributed by atoms with Crippen molar-refractivity contribution < 1.29 is 18.3 Å². The second kappa shape index (κ2) is 6.43. The number of carbonyl (C=O) groups excluding carboxylic acids is 1. The molecule has 106 valence electrons. The van der Waals surface area contributed by atoms with Crippen LogP contribution in [0.1, 0.15) is 18.7 Å². The number of furan rings is 1. The van der Waals surface area contributed by atoms with Gasteiger partial charge < -0.3 is 14.5 Å². The van der Waals surface area contributed by atoms with Crippen molar-refractivity contribution in [1.82, 2.24) is 5.32 Å². The lowest BCUT2D eigenvalue weighted by Gasteiger charge is -2.12. The average Bonchev–Trinajstić information content (AvgIpc) is 2.91. The third kappa shape index (κ3) is 3.74. The molecule has 2 rings (SSSR count). The second-order valence-electron chi connectivity index (χ2n) is 4.17. The third-order valence-electron chi connectivity index (χ3n) is 2.60. The fraction of sp³-hybridized carbons (Fsp3) is 0.214. The van der Waals surface area contributed by atoms with E-state index in [9.17, 15) is 9.18 Å². The van der Waals surface area contributed by atoms with Gasteiger partial charge in [-0.1, -0.05) is 11.6 Å². The highest BCUT2D eigenvalue weighted by Gasteiger charge is 2.13. The minimum absolute atomic E-state index is 0.122. The molecule has 0 unspecified atom stereocenters. The number of amides is 1. The number of rotatable bonds is 5. The molecule has 0 aliphatic heterocycles. The van der Waals surface area contributed by atoms with Crippen LogP contribution < -0.4 is 10.1 Å². The van der Waals surface area contributed by atoms with E-state index in [1.807, 2.05) is 0 Å². The van der Waals surface area contributed by atoms with Crippen LogP contribution in [0.4, 0.5) is 4.39 Å². The number of hydrogen-bond donors (Lipinski definition) is 1. The molecule has 0 spiro atoms. The highest BCUT2D eigenvalue weighted by atomic mass is 35.5. The summed E-state index contributed by atoms with van der Waals surface area (Å²) in [7, 11) is 0. The summed E-state index contributed by atoms with van der Waals surface area (Å²) >= 11 is 5.79. The van der Waals surface area contributed by atoms with Gasteiger partial charge in [0, 0.05) is 0 Å². The predicted octanol–water partition coefficient (Wildman–Crippen LogP) is 3.33. The van der Waals surface area contributed by atoms with Gasteiger partial charge in [0.2, 0.25) is 0 Å². The Kier molecular flexibility index (Phi) is 4.63. The van der Waals surface area contributed by atoms with Gasteiger partial charge in [0.05, 0.1) is 17.3 Å². The van der Waals surface area contributed by atoms with Gasteiger partial charge in [-0.15, -0.1) is 0 Å². The lowest BCUT2D eigenvalue weighted by molar-refractivity contribution is -0.123. The average molecular weight is 298 g/mol. The maximum atomic E-state index is 12.8. The van der Waals surface area contributed by atoms with Crippen molar-refractivity contribution in [3.05, 3.63) is 53.2 Å². The van der Waals surface area contributed by atoms with E-state index in [4.69, 9.17) is 20.8 Å². The SMILES string of the molecule is C[C@H](NC(=O)COc1ccc(F)cc1Cl)c1ccco1. The molecule has 0 aliphatic rings. The molecule has 0 fully saturated rings. The number of benzene rings is 1. The summed E-state index contributed by atoms with van der Waals surface area (Å²) in [5, 5.41) is 2.83. The maximum Gasteiger partial charge on any atom is 0.258 e. The van der Waals surface area contributed by atoms with Crippen LogP contribution in [0.2, 0.25) is 5.02 Å². The number of hydrogen-bond acceptors (Lipinski definition) is 3. The van der Waals surface area contributed by atoms with Gasteiger partial charge >= 0.3 is 0 Å². The van der Waals surface area contributed by atoms with Gasteiger partial charge in [0.25, 0.3) is 5.91 Å². The lowest BCUT2D eigenvalue weighted by atomic mass is 10.2. The standard InChI is InChI=1S/C14H13ClFNO3/c1-9(12-3-2-6-19-12)17-14(18)8-20-13-5-4-10(16)7-11(13)15/h2-7,9H,8H2,1H3,(H,17,18)/t9-/m0/s1. The number of ether oxygens (including phenoxy) is 1. The molecular weight excluding hydrogens is 285 g/mol. The highest BCUT2D eigenvalue weighted by molar-refractivity contribution is 6.32. The Balaban J connectivity index is 1.86. The van der Waals surface area contributed by atoms with E-state index < -0.39 is 5.82 Å². The highest BCUT2D eigenvalue weighted by Crippen LogP contribution is 2.24. The van der Waals surface area contributed by atoms with E-state index in [-0.39, 0.29) is 29.3 Å². The number of halogens is 2. The van der Waals surface area contributed by atoms with Gasteiger partial charge in [-0.05, 0) is 37.3 Å². The maximum absolute atomic E-state index is 12.8. The van der Waals surface area contributed by atoms with E-state index in [1.165, 1.54) is 18.4 Å². The molecule has 0 radical (unpaired) electrons. The van der Waals surface area contributed by atoms with Crippen LogP contribution in [-0.2, 0) is 4.79 Å². The van der Waals surface area contributed by atoms with Crippen LogP contribution >= 0.6 is 11.6 Å². The zero-order valence-electron chi connectivity index (χ0n) is 10.7. The van der Waals surface area contributed by atoms with Gasteiger partial charge in [-0.2, -0.15) is 0 Å². The molecule has 1 amide bonds. The van der Waals surface area contributed by atoms with E-state index in [2.05, 4.69) is 5.32 Å². The van der Waals surface area contributed by atoms with Crippen molar-refractivity contribution in [2.75, 3.05) is 6.61 Å². The number of nitrogens with one attached hydrogen (secondary N) is 1. The smallest absolute Gasteiger partial charge is 0.258 e. The summed E-state index contributed by atoms with van der Waals surface area (Å²) in [5.41, 5.74) is 0. The molecule has 0 saturated heterocycles. The first-order valence-electron chi connectivity index (χ1n) is 5.97. The monoisotopic (exact) mass is 297 g/mol. The van der Waals surface area contributed by atoms with Crippen LogP contribution in [0.25, 0.3) is 0 Å². The summed E-state index contributed by atoms with van der Waals surface area (Å²) in [4.78, 5) is 11.7. The van der Waals surface area contributed by atoms with Crippen molar-refractivity contribution in [1.29, 1.82) is 0 Å². The molecule has 1 N–H and O–H groups in total.